The molecule has 0 saturated carbocycles. The monoisotopic (exact) mass is 316 g/mol. The molecule has 4 aromatic rings. The molecule has 0 bridgehead atoms. The average Bonchev–Trinajstić information content (AvgIpc) is 3.19. The Morgan fingerprint density at radius 2 is 1.08 bits per heavy atom. The molecule has 4 aromatic heterocycles. The van der Waals surface area contributed by atoms with Crippen LogP contribution in [0.1, 0.15) is 36.4 Å². The van der Waals surface area contributed by atoms with Gasteiger partial charge in [-0.2, -0.15) is 0 Å². The fourth-order valence-electron chi connectivity index (χ4n) is 4.31. The Labute approximate surface area is 142 Å². The third kappa shape index (κ3) is 1.66. The van der Waals surface area contributed by atoms with E-state index >= 15 is 0 Å². The third-order valence-electron chi connectivity index (χ3n) is 5.53. The molecule has 2 heteroatoms. The van der Waals surface area contributed by atoms with Gasteiger partial charge in [0.25, 0.3) is 0 Å². The van der Waals surface area contributed by atoms with Crippen molar-refractivity contribution in [3.05, 3.63) is 57.5 Å². The molecule has 0 atom stereocenters. The van der Waals surface area contributed by atoms with Crippen molar-refractivity contribution in [2.45, 2.75) is 40.5 Å². The highest BCUT2D eigenvalue weighted by Gasteiger charge is 2.15. The molecule has 122 valence electrons. The van der Waals surface area contributed by atoms with Crippen LogP contribution in [-0.4, -0.2) is 8.80 Å². The van der Waals surface area contributed by atoms with E-state index in [0.717, 1.165) is 23.5 Å². The Hall–Kier alpha value is -2.48. The predicted molar refractivity (Wildman–Crippen MR) is 104 cm³/mol. The van der Waals surface area contributed by atoms with E-state index in [1.54, 1.807) is 0 Å². The van der Waals surface area contributed by atoms with E-state index in [0.29, 0.717) is 0 Å². The molecule has 0 fully saturated rings. The normalized spacial score (nSPS) is 12.0. The van der Waals surface area contributed by atoms with E-state index in [9.17, 15) is 0 Å². The molecule has 0 saturated heterocycles. The first kappa shape index (κ1) is 15.1. The van der Waals surface area contributed by atoms with Crippen LogP contribution < -0.4 is 10.7 Å². The Bertz CT molecular complexity index is 1120. The van der Waals surface area contributed by atoms with Gasteiger partial charge >= 0.3 is 0 Å². The summed E-state index contributed by atoms with van der Waals surface area (Å²) in [5.74, 6) is 0. The minimum Gasteiger partial charge on any atom is -0.314 e. The zero-order valence-corrected chi connectivity index (χ0v) is 15.0. The van der Waals surface area contributed by atoms with Gasteiger partial charge in [0.1, 0.15) is 0 Å². The zero-order chi connectivity index (χ0) is 17.2. The van der Waals surface area contributed by atoms with Crippen LogP contribution in [0.2, 0.25) is 0 Å². The molecule has 0 aliphatic carbocycles. The Morgan fingerprint density at radius 1 is 0.708 bits per heavy atom. The number of rotatable bonds is 2. The first-order chi connectivity index (χ1) is 11.5. The van der Waals surface area contributed by atoms with Gasteiger partial charge in [-0.25, -0.2) is 0 Å². The van der Waals surface area contributed by atoms with Crippen molar-refractivity contribution in [3.63, 3.8) is 0 Å². The van der Waals surface area contributed by atoms with Crippen LogP contribution in [0.4, 0.5) is 0 Å². The maximum Gasteiger partial charge on any atom is 0.0495 e. The molecule has 0 aliphatic heterocycles. The van der Waals surface area contributed by atoms with Gasteiger partial charge in [0.2, 0.25) is 0 Å². The molecule has 0 N–H and O–H groups in total. The lowest BCUT2D eigenvalue weighted by Gasteiger charge is -2.16. The largest absolute Gasteiger partial charge is 0.314 e. The lowest BCUT2D eigenvalue weighted by Crippen LogP contribution is -2.24. The summed E-state index contributed by atoms with van der Waals surface area (Å²) in [6, 6.07) is 8.88. The molecule has 0 unspecified atom stereocenters. The average molecular weight is 316 g/mol. The quantitative estimate of drug-likeness (QED) is 0.530. The predicted octanol–water partition coefficient (Wildman–Crippen LogP) is 3.91. The van der Waals surface area contributed by atoms with Gasteiger partial charge in [0, 0.05) is 43.9 Å². The van der Waals surface area contributed by atoms with Gasteiger partial charge in [-0.05, 0) is 62.1 Å². The van der Waals surface area contributed by atoms with Gasteiger partial charge in [0.15, 0.2) is 0 Å². The summed E-state index contributed by atoms with van der Waals surface area (Å²) < 4.78 is 4.65. The van der Waals surface area contributed by atoms with Crippen molar-refractivity contribution in [1.82, 2.24) is 8.80 Å². The van der Waals surface area contributed by atoms with Crippen LogP contribution in [0.25, 0.3) is 35.0 Å². The number of hydrogen-bond donors (Lipinski definition) is 0. The number of aromatic nitrogens is 2. The SMILES string of the molecule is C=c1c2c(C)c3ccc(CC)n3c(=C)c2c(C)c2ccc(CC)n12. The van der Waals surface area contributed by atoms with Crippen LogP contribution >= 0.6 is 0 Å². The molecular formula is C22H24N2. The van der Waals surface area contributed by atoms with Crippen LogP contribution in [0.15, 0.2) is 24.3 Å². The summed E-state index contributed by atoms with van der Waals surface area (Å²) in [7, 11) is 0. The third-order valence-corrected chi connectivity index (χ3v) is 5.53. The van der Waals surface area contributed by atoms with Gasteiger partial charge in [-0.1, -0.05) is 27.0 Å². The number of hydrogen-bond acceptors (Lipinski definition) is 0. The number of fused-ring (bicyclic) bond motifs is 3. The first-order valence-corrected chi connectivity index (χ1v) is 8.74. The molecule has 2 nitrogen and oxygen atoms in total. The summed E-state index contributed by atoms with van der Waals surface area (Å²) in [4.78, 5) is 0. The number of nitrogens with zero attached hydrogens (tertiary/aromatic N) is 2. The molecule has 4 heterocycles. The highest BCUT2D eigenvalue weighted by molar-refractivity contribution is 5.96. The van der Waals surface area contributed by atoms with Gasteiger partial charge < -0.3 is 8.80 Å². The van der Waals surface area contributed by atoms with Crippen molar-refractivity contribution in [2.24, 2.45) is 0 Å². The van der Waals surface area contributed by atoms with Crippen molar-refractivity contribution >= 4 is 35.0 Å². The zero-order valence-electron chi connectivity index (χ0n) is 15.0. The van der Waals surface area contributed by atoms with Crippen molar-refractivity contribution in [1.29, 1.82) is 0 Å². The molecular weight excluding hydrogens is 292 g/mol. The van der Waals surface area contributed by atoms with Crippen LogP contribution in [0.5, 0.6) is 0 Å². The molecule has 0 aromatic carbocycles. The summed E-state index contributed by atoms with van der Waals surface area (Å²) in [5, 5.41) is 4.67. The minimum absolute atomic E-state index is 1.01. The minimum atomic E-state index is 1.01. The molecule has 0 aliphatic rings. The fourth-order valence-corrected chi connectivity index (χ4v) is 4.31. The van der Waals surface area contributed by atoms with Crippen molar-refractivity contribution in [2.75, 3.05) is 0 Å². The van der Waals surface area contributed by atoms with Crippen LogP contribution in [-0.2, 0) is 12.8 Å². The van der Waals surface area contributed by atoms with E-state index in [4.69, 9.17) is 0 Å². The first-order valence-electron chi connectivity index (χ1n) is 8.74. The highest BCUT2D eigenvalue weighted by Crippen LogP contribution is 2.25. The Kier molecular flexibility index (Phi) is 3.14. The van der Waals surface area contributed by atoms with E-state index in [1.165, 1.54) is 44.3 Å². The molecule has 24 heavy (non-hydrogen) atoms. The number of pyridine rings is 2. The van der Waals surface area contributed by atoms with Gasteiger partial charge in [-0.3, -0.25) is 0 Å². The van der Waals surface area contributed by atoms with E-state index in [1.807, 2.05) is 0 Å². The number of aryl methyl sites for hydroxylation is 4. The summed E-state index contributed by atoms with van der Waals surface area (Å²) in [5.41, 5.74) is 7.71. The Balaban J connectivity index is 2.41. The summed E-state index contributed by atoms with van der Waals surface area (Å²) >= 11 is 0. The maximum absolute atomic E-state index is 4.46. The van der Waals surface area contributed by atoms with Crippen LogP contribution in [0, 0.1) is 13.8 Å². The molecule has 0 spiro atoms. The van der Waals surface area contributed by atoms with E-state index in [2.05, 4.69) is 73.9 Å². The van der Waals surface area contributed by atoms with E-state index in [-0.39, 0.29) is 0 Å². The lowest BCUT2D eigenvalue weighted by atomic mass is 10.0. The summed E-state index contributed by atoms with van der Waals surface area (Å²) in [6.45, 7) is 17.7. The molecule has 0 amide bonds. The Morgan fingerprint density at radius 3 is 1.42 bits per heavy atom. The summed E-state index contributed by atoms with van der Waals surface area (Å²) in [6.07, 6.45) is 2.01. The van der Waals surface area contributed by atoms with Gasteiger partial charge in [-0.15, -0.1) is 0 Å². The molecule has 0 radical (unpaired) electrons. The van der Waals surface area contributed by atoms with Gasteiger partial charge in [0.05, 0.1) is 0 Å². The topological polar surface area (TPSA) is 8.82 Å². The maximum atomic E-state index is 4.46. The molecule has 4 rings (SSSR count). The van der Waals surface area contributed by atoms with Crippen LogP contribution in [0.3, 0.4) is 0 Å². The fraction of sp³-hybridized carbons (Fsp3) is 0.273. The second-order valence-corrected chi connectivity index (χ2v) is 6.69. The second-order valence-electron chi connectivity index (χ2n) is 6.69. The highest BCUT2D eigenvalue weighted by atomic mass is 14.9. The smallest absolute Gasteiger partial charge is 0.0495 e. The van der Waals surface area contributed by atoms with Crippen molar-refractivity contribution in [3.8, 4) is 0 Å². The lowest BCUT2D eigenvalue weighted by molar-refractivity contribution is 0.963. The second kappa shape index (κ2) is 5.01. The van der Waals surface area contributed by atoms with E-state index < -0.39 is 0 Å². The van der Waals surface area contributed by atoms with Crippen molar-refractivity contribution < 1.29 is 0 Å². The standard InChI is InChI=1S/C22H24N2/c1-7-17-9-11-19-13(3)22-16(6)24-18(8-2)10-12-20(24)14(4)21(22)15(5)23(17)19/h9-12H,5-8H2,1-4H3.